The van der Waals surface area contributed by atoms with Crippen LogP contribution in [0.1, 0.15) is 103 Å². The molecule has 8 rings (SSSR count). The molecule has 0 spiro atoms. The monoisotopic (exact) mass is 1060 g/mol. The second-order valence-electron chi connectivity index (χ2n) is 19.7. The summed E-state index contributed by atoms with van der Waals surface area (Å²) in [6.07, 6.45) is 13.5. The van der Waals surface area contributed by atoms with Crippen molar-refractivity contribution in [2.24, 2.45) is 11.8 Å². The van der Waals surface area contributed by atoms with E-state index in [0.29, 0.717) is 82.8 Å². The molecule has 2 aliphatic heterocycles. The smallest absolute Gasteiger partial charge is 0.303 e. The molecule has 0 amide bonds. The number of pyridine rings is 2. The first kappa shape index (κ1) is 57.5. The summed E-state index contributed by atoms with van der Waals surface area (Å²) in [5.41, 5.74) is 20.6. The molecule has 6 aromatic rings. The maximum absolute atomic E-state index is 13.3. The highest BCUT2D eigenvalue weighted by Gasteiger charge is 2.23. The van der Waals surface area contributed by atoms with Crippen molar-refractivity contribution in [1.29, 1.82) is 0 Å². The van der Waals surface area contributed by atoms with Gasteiger partial charge in [0.2, 0.25) is 0 Å². The Balaban J connectivity index is 0.000000226. The van der Waals surface area contributed by atoms with Crippen molar-refractivity contribution >= 4 is 57.9 Å². The minimum atomic E-state index is -0.893. The predicted molar refractivity (Wildman–Crippen MR) is 296 cm³/mol. The number of hydrogen-bond donors (Lipinski definition) is 3. The average Bonchev–Trinajstić information content (AvgIpc) is 3.47. The van der Waals surface area contributed by atoms with Crippen LogP contribution in [0, 0.1) is 11.8 Å². The van der Waals surface area contributed by atoms with Crippen LogP contribution in [0.5, 0.6) is 0 Å². The van der Waals surface area contributed by atoms with Gasteiger partial charge in [0.1, 0.15) is 28.7 Å². The number of carbonyl (C=O) groups is 6. The van der Waals surface area contributed by atoms with Gasteiger partial charge in [-0.05, 0) is 55.9 Å². The van der Waals surface area contributed by atoms with E-state index in [1.807, 2.05) is 67.6 Å². The fraction of sp³-hybridized carbons (Fsp3) is 0.390. The lowest BCUT2D eigenvalue weighted by Crippen LogP contribution is -2.37. The van der Waals surface area contributed by atoms with Gasteiger partial charge < -0.3 is 40.6 Å². The first-order valence-electron chi connectivity index (χ1n) is 26.4. The number of nitrogen functional groups attached to an aromatic ring is 2. The Hall–Kier alpha value is -8.16. The van der Waals surface area contributed by atoms with Gasteiger partial charge in [-0.25, -0.2) is 19.9 Å². The summed E-state index contributed by atoms with van der Waals surface area (Å²) in [5.74, 6) is -1.26. The molecule has 19 heteroatoms. The number of hydrogen-bond acceptors (Lipinski definition) is 18. The molecule has 2 saturated heterocycles. The summed E-state index contributed by atoms with van der Waals surface area (Å²) < 4.78 is 10.9. The molecule has 2 aliphatic rings. The molecule has 6 heterocycles. The number of rotatable bonds is 24. The number of anilines is 4. The standard InChI is InChI=1S/C30H35N5O4.C29H33N5O5/c1-20(3-4-21(2)36)27(37)10-7-22-5-8-23(9-6-22)25-19-33-30(31)29(34-25)28(38)17-24-18-32-12-11-26(24)35-13-15-39-16-14-35;1-19(2-9-27(37)38)25(35)8-5-20-3-6-21(7-4-20)23-18-32-29(30)28(33-23)26(36)16-22-17-31-11-10-24(22)34-12-14-39-15-13-34/h5-6,8-9,11-12,18-20H,3-4,7,10,13-17H2,1-2H3,(H2,31,33);3-4,6-7,10-11,17-19H,2,5,8-9,12-16H2,1H3,(H2,30,32)(H,37,38)/t20-;19-/m11/s1. The van der Waals surface area contributed by atoms with Crippen LogP contribution >= 0.6 is 0 Å². The van der Waals surface area contributed by atoms with E-state index in [2.05, 4.69) is 39.7 Å². The van der Waals surface area contributed by atoms with Crippen LogP contribution < -0.4 is 21.3 Å². The molecular weight excluding hydrogens is 993 g/mol. The van der Waals surface area contributed by atoms with E-state index in [1.54, 1.807) is 44.8 Å². The van der Waals surface area contributed by atoms with Crippen molar-refractivity contribution in [3.63, 3.8) is 0 Å². The van der Waals surface area contributed by atoms with Gasteiger partial charge in [-0.1, -0.05) is 62.4 Å². The fourth-order valence-electron chi connectivity index (χ4n) is 9.13. The number of morpholine rings is 2. The molecule has 0 bridgehead atoms. The van der Waals surface area contributed by atoms with Gasteiger partial charge in [0.25, 0.3) is 0 Å². The van der Waals surface area contributed by atoms with Gasteiger partial charge in [-0.3, -0.25) is 33.9 Å². The minimum absolute atomic E-state index is 0.00794. The van der Waals surface area contributed by atoms with Crippen LogP contribution in [-0.4, -0.2) is 123 Å². The minimum Gasteiger partial charge on any atom is -0.481 e. The first-order chi connectivity index (χ1) is 37.6. The van der Waals surface area contributed by atoms with Crippen LogP contribution in [0.25, 0.3) is 22.5 Å². The average molecular weight is 1060 g/mol. The lowest BCUT2D eigenvalue weighted by Gasteiger charge is -2.30. The van der Waals surface area contributed by atoms with E-state index >= 15 is 0 Å². The number of carboxylic acid groups (broad SMARTS) is 1. The largest absolute Gasteiger partial charge is 0.481 e. The summed E-state index contributed by atoms with van der Waals surface area (Å²) >= 11 is 0. The van der Waals surface area contributed by atoms with Crippen molar-refractivity contribution in [2.45, 2.75) is 85.0 Å². The van der Waals surface area contributed by atoms with Crippen LogP contribution in [0.4, 0.5) is 23.0 Å². The van der Waals surface area contributed by atoms with Crippen molar-refractivity contribution in [3.8, 4) is 22.5 Å². The topological polar surface area (TPSA) is 277 Å². The highest BCUT2D eigenvalue weighted by molar-refractivity contribution is 6.01. The van der Waals surface area contributed by atoms with Crippen molar-refractivity contribution in [2.75, 3.05) is 73.9 Å². The van der Waals surface area contributed by atoms with E-state index in [0.717, 1.165) is 70.9 Å². The molecule has 408 valence electrons. The highest BCUT2D eigenvalue weighted by atomic mass is 16.5. The van der Waals surface area contributed by atoms with Crippen LogP contribution in [-0.2, 0) is 54.3 Å². The number of carboxylic acids is 1. The van der Waals surface area contributed by atoms with E-state index in [4.69, 9.17) is 26.0 Å². The Morgan fingerprint density at radius 3 is 1.35 bits per heavy atom. The van der Waals surface area contributed by atoms with Gasteiger partial charge in [0.05, 0.1) is 50.2 Å². The number of nitrogens with zero attached hydrogens (tertiary/aromatic N) is 8. The second kappa shape index (κ2) is 28.3. The molecule has 0 aliphatic carbocycles. The lowest BCUT2D eigenvalue weighted by atomic mass is 9.94. The van der Waals surface area contributed by atoms with Gasteiger partial charge in [0, 0.05) is 135 Å². The van der Waals surface area contributed by atoms with Crippen LogP contribution in [0.2, 0.25) is 0 Å². The molecule has 0 radical (unpaired) electrons. The maximum atomic E-state index is 13.3. The third-order valence-electron chi connectivity index (χ3n) is 13.9. The number of ether oxygens (including phenoxy) is 2. The molecule has 2 aromatic carbocycles. The SMILES string of the molecule is CC(=O)CC[C@@H](C)C(=O)CCc1ccc(-c2cnc(N)c(C(=O)Cc3cnccc3N3CCOCC3)n2)cc1.C[C@H](CCC(=O)O)C(=O)CCc1ccc(-c2cnc(N)c(C(=O)Cc3cnccc3N3CCOCC3)n2)cc1. The van der Waals surface area contributed by atoms with Gasteiger partial charge in [0.15, 0.2) is 23.2 Å². The van der Waals surface area contributed by atoms with E-state index in [9.17, 15) is 28.8 Å². The zero-order valence-corrected chi connectivity index (χ0v) is 44.6. The summed E-state index contributed by atoms with van der Waals surface area (Å²) in [7, 11) is 0. The predicted octanol–water partition coefficient (Wildman–Crippen LogP) is 7.28. The Labute approximate surface area is 454 Å². The maximum Gasteiger partial charge on any atom is 0.303 e. The quantitative estimate of drug-likeness (QED) is 0.0502. The molecule has 0 unspecified atom stereocenters. The van der Waals surface area contributed by atoms with Crippen molar-refractivity contribution in [3.05, 3.63) is 131 Å². The second-order valence-corrected chi connectivity index (χ2v) is 19.7. The molecule has 19 nitrogen and oxygen atoms in total. The number of Topliss-reactive ketones (excluding diaryl/α,β-unsaturated/α-hetero) is 5. The number of aliphatic carboxylic acids is 1. The number of carbonyl (C=O) groups excluding carboxylic acids is 5. The molecule has 2 fully saturated rings. The number of nitrogens with two attached hydrogens (primary N) is 2. The van der Waals surface area contributed by atoms with Gasteiger partial charge in [-0.15, -0.1) is 0 Å². The third kappa shape index (κ3) is 16.4. The molecular formula is C59H68N10O9. The number of aromatic nitrogens is 6. The summed E-state index contributed by atoms with van der Waals surface area (Å²) in [6.45, 7) is 10.8. The summed E-state index contributed by atoms with van der Waals surface area (Å²) in [6, 6.07) is 19.1. The Kier molecular flexibility index (Phi) is 20.9. The van der Waals surface area contributed by atoms with E-state index in [-0.39, 0.29) is 83.0 Å². The van der Waals surface area contributed by atoms with Crippen molar-refractivity contribution < 1.29 is 43.3 Å². The number of aryl methyl sites for hydroxylation is 2. The van der Waals surface area contributed by atoms with Crippen LogP contribution in [0.15, 0.2) is 97.8 Å². The molecule has 5 N–H and O–H groups in total. The molecule has 78 heavy (non-hydrogen) atoms. The normalized spacial score (nSPS) is 14.1. The number of benzene rings is 2. The van der Waals surface area contributed by atoms with E-state index in [1.165, 1.54) is 6.20 Å². The Bertz CT molecular complexity index is 2850. The highest BCUT2D eigenvalue weighted by Crippen LogP contribution is 2.27. The van der Waals surface area contributed by atoms with Gasteiger partial charge >= 0.3 is 5.97 Å². The molecule has 2 atom stereocenters. The summed E-state index contributed by atoms with van der Waals surface area (Å²) in [5, 5.41) is 8.81. The zero-order chi connectivity index (χ0) is 55.6. The van der Waals surface area contributed by atoms with Crippen molar-refractivity contribution in [1.82, 2.24) is 29.9 Å². The first-order valence-corrected chi connectivity index (χ1v) is 26.4. The number of ketones is 5. The fourth-order valence-corrected chi connectivity index (χ4v) is 9.13. The zero-order valence-electron chi connectivity index (χ0n) is 44.6. The molecule has 0 saturated carbocycles. The van der Waals surface area contributed by atoms with Gasteiger partial charge in [-0.2, -0.15) is 0 Å². The molecule has 4 aromatic heterocycles. The third-order valence-corrected chi connectivity index (χ3v) is 13.9. The Morgan fingerprint density at radius 2 is 0.962 bits per heavy atom. The lowest BCUT2D eigenvalue weighted by molar-refractivity contribution is -0.137. The summed E-state index contributed by atoms with van der Waals surface area (Å²) in [4.78, 5) is 104. The Morgan fingerprint density at radius 1 is 0.564 bits per heavy atom. The van der Waals surface area contributed by atoms with Crippen LogP contribution in [0.3, 0.4) is 0 Å². The van der Waals surface area contributed by atoms with E-state index < -0.39 is 5.97 Å².